The molecule has 0 aliphatic carbocycles. The van der Waals surface area contributed by atoms with E-state index in [0.717, 1.165) is 10.6 Å². The summed E-state index contributed by atoms with van der Waals surface area (Å²) in [6, 6.07) is 10.4. The third-order valence-corrected chi connectivity index (χ3v) is 3.92. The number of halogens is 2. The Morgan fingerprint density at radius 2 is 1.71 bits per heavy atom. The van der Waals surface area contributed by atoms with Crippen LogP contribution >= 0.6 is 11.3 Å². The molecular formula is C16H11F2NOS. The minimum Gasteiger partial charge on any atom is -0.496 e. The normalized spacial score (nSPS) is 10.6. The number of benzene rings is 2. The third kappa shape index (κ3) is 2.78. The number of rotatable bonds is 3. The van der Waals surface area contributed by atoms with E-state index in [1.54, 1.807) is 18.2 Å². The fourth-order valence-electron chi connectivity index (χ4n) is 2.00. The van der Waals surface area contributed by atoms with Crippen LogP contribution in [0.1, 0.15) is 0 Å². The largest absolute Gasteiger partial charge is 0.496 e. The molecule has 2 nitrogen and oxygen atoms in total. The van der Waals surface area contributed by atoms with E-state index in [9.17, 15) is 8.78 Å². The quantitative estimate of drug-likeness (QED) is 0.695. The van der Waals surface area contributed by atoms with Gasteiger partial charge in [0.1, 0.15) is 22.4 Å². The first-order valence-corrected chi connectivity index (χ1v) is 7.11. The topological polar surface area (TPSA) is 22.1 Å². The molecule has 0 aliphatic heterocycles. The Morgan fingerprint density at radius 3 is 2.43 bits per heavy atom. The van der Waals surface area contributed by atoms with Gasteiger partial charge in [0, 0.05) is 16.5 Å². The zero-order valence-corrected chi connectivity index (χ0v) is 12.0. The first-order chi connectivity index (χ1) is 10.2. The molecule has 0 saturated heterocycles. The third-order valence-electron chi connectivity index (χ3n) is 3.03. The number of nitrogens with zero attached hydrogens (tertiary/aromatic N) is 1. The Hall–Kier alpha value is -2.27. The average molecular weight is 303 g/mol. The first-order valence-electron chi connectivity index (χ1n) is 6.23. The lowest BCUT2D eigenvalue weighted by Gasteiger charge is -2.05. The molecule has 0 aliphatic rings. The molecule has 21 heavy (non-hydrogen) atoms. The molecule has 1 heterocycles. The van der Waals surface area contributed by atoms with E-state index in [1.165, 1.54) is 42.7 Å². The highest BCUT2D eigenvalue weighted by atomic mass is 32.1. The monoisotopic (exact) mass is 303 g/mol. The molecule has 3 aromatic rings. The van der Waals surface area contributed by atoms with E-state index >= 15 is 0 Å². The predicted octanol–water partition coefficient (Wildman–Crippen LogP) is 4.76. The van der Waals surface area contributed by atoms with Crippen molar-refractivity contribution in [2.45, 2.75) is 0 Å². The van der Waals surface area contributed by atoms with Gasteiger partial charge in [0.25, 0.3) is 0 Å². The number of aromatic nitrogens is 1. The molecule has 2 aromatic carbocycles. The van der Waals surface area contributed by atoms with Crippen molar-refractivity contribution < 1.29 is 13.5 Å². The highest BCUT2D eigenvalue weighted by Gasteiger charge is 2.12. The maximum atomic E-state index is 13.4. The Morgan fingerprint density at radius 1 is 1.00 bits per heavy atom. The van der Waals surface area contributed by atoms with Crippen LogP contribution in [-0.2, 0) is 0 Å². The summed E-state index contributed by atoms with van der Waals surface area (Å²) in [7, 11) is 1.53. The Labute approximate surface area is 124 Å². The van der Waals surface area contributed by atoms with E-state index in [-0.39, 0.29) is 11.6 Å². The zero-order chi connectivity index (χ0) is 14.8. The van der Waals surface area contributed by atoms with Crippen LogP contribution in [0.4, 0.5) is 8.78 Å². The molecule has 0 spiro atoms. The van der Waals surface area contributed by atoms with Crippen molar-refractivity contribution in [1.82, 2.24) is 4.98 Å². The summed E-state index contributed by atoms with van der Waals surface area (Å²) in [5.74, 6) is -0.0724. The number of thiazole rings is 1. The molecule has 5 heteroatoms. The molecule has 3 rings (SSSR count). The maximum Gasteiger partial charge on any atom is 0.128 e. The van der Waals surface area contributed by atoms with Gasteiger partial charge in [-0.2, -0.15) is 0 Å². The second-order valence-electron chi connectivity index (χ2n) is 4.39. The molecule has 1 aromatic heterocycles. The number of methoxy groups -OCH3 is 1. The van der Waals surface area contributed by atoms with Gasteiger partial charge in [-0.3, -0.25) is 0 Å². The lowest BCUT2D eigenvalue weighted by atomic mass is 10.1. The molecule has 0 N–H and O–H groups in total. The molecule has 0 atom stereocenters. The van der Waals surface area contributed by atoms with Gasteiger partial charge < -0.3 is 4.74 Å². The molecule has 0 fully saturated rings. The van der Waals surface area contributed by atoms with Crippen LogP contribution in [0.5, 0.6) is 5.75 Å². The molecule has 0 radical (unpaired) electrons. The molecular weight excluding hydrogens is 292 g/mol. The molecule has 0 unspecified atom stereocenters. The second-order valence-corrected chi connectivity index (χ2v) is 5.25. The van der Waals surface area contributed by atoms with Crippen LogP contribution < -0.4 is 4.74 Å². The fourth-order valence-corrected chi connectivity index (χ4v) is 2.83. The maximum absolute atomic E-state index is 13.4. The van der Waals surface area contributed by atoms with Crippen LogP contribution in [0.25, 0.3) is 21.8 Å². The Bertz CT molecular complexity index is 768. The second kappa shape index (κ2) is 5.61. The minimum absolute atomic E-state index is 0.290. The summed E-state index contributed by atoms with van der Waals surface area (Å²) < 4.78 is 31.6. The summed E-state index contributed by atoms with van der Waals surface area (Å²) in [5.41, 5.74) is 2.06. The summed E-state index contributed by atoms with van der Waals surface area (Å²) in [5, 5.41) is 2.58. The highest BCUT2D eigenvalue weighted by molar-refractivity contribution is 7.13. The van der Waals surface area contributed by atoms with E-state index < -0.39 is 0 Å². The Balaban J connectivity index is 2.02. The summed E-state index contributed by atoms with van der Waals surface area (Å²) in [6.07, 6.45) is 0. The van der Waals surface area contributed by atoms with Crippen LogP contribution in [-0.4, -0.2) is 12.1 Å². The van der Waals surface area contributed by atoms with Crippen molar-refractivity contribution in [2.75, 3.05) is 7.11 Å². The molecule has 0 amide bonds. The first kappa shape index (κ1) is 13.7. The van der Waals surface area contributed by atoms with E-state index in [0.29, 0.717) is 17.0 Å². The molecule has 0 bridgehead atoms. The highest BCUT2D eigenvalue weighted by Crippen LogP contribution is 2.34. The van der Waals surface area contributed by atoms with Crippen molar-refractivity contribution in [3.8, 4) is 27.6 Å². The van der Waals surface area contributed by atoms with Crippen LogP contribution in [0.15, 0.2) is 47.8 Å². The van der Waals surface area contributed by atoms with Gasteiger partial charge in [-0.25, -0.2) is 13.8 Å². The van der Waals surface area contributed by atoms with Gasteiger partial charge in [0.05, 0.1) is 12.8 Å². The van der Waals surface area contributed by atoms with Gasteiger partial charge in [-0.05, 0) is 42.5 Å². The smallest absolute Gasteiger partial charge is 0.128 e. The Kier molecular flexibility index (Phi) is 3.66. The van der Waals surface area contributed by atoms with Crippen molar-refractivity contribution in [1.29, 1.82) is 0 Å². The zero-order valence-electron chi connectivity index (χ0n) is 11.1. The lowest BCUT2D eigenvalue weighted by molar-refractivity contribution is 0.415. The van der Waals surface area contributed by atoms with Gasteiger partial charge in [-0.15, -0.1) is 11.3 Å². The fraction of sp³-hybridized carbons (Fsp3) is 0.0625. The van der Waals surface area contributed by atoms with Gasteiger partial charge in [0.15, 0.2) is 0 Å². The van der Waals surface area contributed by atoms with E-state index in [2.05, 4.69) is 4.98 Å². The van der Waals surface area contributed by atoms with Crippen molar-refractivity contribution in [3.05, 3.63) is 59.5 Å². The standard InChI is InChI=1S/C16H11F2NOS/c1-20-15-7-6-12(18)8-13(15)14-9-21-16(19-14)10-2-4-11(17)5-3-10/h2-9H,1H3. The van der Waals surface area contributed by atoms with Gasteiger partial charge >= 0.3 is 0 Å². The number of ether oxygens (including phenoxy) is 1. The summed E-state index contributed by atoms with van der Waals surface area (Å²) in [6.45, 7) is 0. The SMILES string of the molecule is COc1ccc(F)cc1-c1csc(-c2ccc(F)cc2)n1. The molecule has 0 saturated carbocycles. The van der Waals surface area contributed by atoms with Crippen molar-refractivity contribution in [2.24, 2.45) is 0 Å². The van der Waals surface area contributed by atoms with Gasteiger partial charge in [0.2, 0.25) is 0 Å². The van der Waals surface area contributed by atoms with Crippen LogP contribution in [0, 0.1) is 11.6 Å². The lowest BCUT2D eigenvalue weighted by Crippen LogP contribution is -1.89. The van der Waals surface area contributed by atoms with E-state index in [1.807, 2.05) is 5.38 Å². The van der Waals surface area contributed by atoms with Gasteiger partial charge in [-0.1, -0.05) is 0 Å². The average Bonchev–Trinajstić information content (AvgIpc) is 2.97. The number of hydrogen-bond donors (Lipinski definition) is 0. The van der Waals surface area contributed by atoms with E-state index in [4.69, 9.17) is 4.74 Å². The summed E-state index contributed by atoms with van der Waals surface area (Å²) >= 11 is 1.42. The van der Waals surface area contributed by atoms with Crippen LogP contribution in [0.2, 0.25) is 0 Å². The molecule has 106 valence electrons. The van der Waals surface area contributed by atoms with Crippen molar-refractivity contribution >= 4 is 11.3 Å². The minimum atomic E-state index is -0.345. The predicted molar refractivity (Wildman–Crippen MR) is 79.5 cm³/mol. The van der Waals surface area contributed by atoms with Crippen molar-refractivity contribution in [3.63, 3.8) is 0 Å². The number of hydrogen-bond acceptors (Lipinski definition) is 3. The van der Waals surface area contributed by atoms with Crippen LogP contribution in [0.3, 0.4) is 0 Å². The summed E-state index contributed by atoms with van der Waals surface area (Å²) in [4.78, 5) is 4.48.